The molecule has 2 rings (SSSR count). The van der Waals surface area contributed by atoms with Gasteiger partial charge in [0.1, 0.15) is 48.8 Å². The zero-order valence-corrected chi connectivity index (χ0v) is 49.3. The SMILES string of the molecule is CCCCC/C=C\C/C=C\C/C=C\CCCCCCCCC(=O)NC(COC1OC(CO)C(OC2OC(CO)C(O)C(O)C2O)C(O)C1O)C(O)/C=C/CC/C=C/CC/C=C/CCCCCCCCCCCCCCCCCC. The zero-order chi connectivity index (χ0) is 57.4. The van der Waals surface area contributed by atoms with Crippen LogP contribution in [0, 0.1) is 0 Å². The van der Waals surface area contributed by atoms with E-state index in [1.54, 1.807) is 6.08 Å². The van der Waals surface area contributed by atoms with Gasteiger partial charge in [-0.25, -0.2) is 0 Å². The van der Waals surface area contributed by atoms with Crippen LogP contribution in [0.5, 0.6) is 0 Å². The van der Waals surface area contributed by atoms with Gasteiger partial charge in [-0.05, 0) is 83.5 Å². The van der Waals surface area contributed by atoms with Crippen LogP contribution < -0.4 is 5.32 Å². The van der Waals surface area contributed by atoms with E-state index in [0.29, 0.717) is 12.8 Å². The molecular formula is C65H115NO13. The molecule has 2 aliphatic rings. The predicted molar refractivity (Wildman–Crippen MR) is 318 cm³/mol. The maximum atomic E-state index is 13.3. The first-order valence-corrected chi connectivity index (χ1v) is 31.7. The number of aliphatic hydroxyl groups is 8. The first-order chi connectivity index (χ1) is 38.6. The molecule has 9 N–H and O–H groups in total. The number of hydrogen-bond donors (Lipinski definition) is 9. The molecule has 0 aliphatic carbocycles. The van der Waals surface area contributed by atoms with Crippen LogP contribution in [0.2, 0.25) is 0 Å². The van der Waals surface area contributed by atoms with E-state index in [9.17, 15) is 45.6 Å². The van der Waals surface area contributed by atoms with Crippen LogP contribution in [0.4, 0.5) is 0 Å². The molecule has 12 atom stereocenters. The average molecular weight is 1120 g/mol. The second-order valence-corrected chi connectivity index (χ2v) is 22.2. The smallest absolute Gasteiger partial charge is 0.220 e. The van der Waals surface area contributed by atoms with Crippen molar-refractivity contribution in [3.05, 3.63) is 72.9 Å². The molecule has 14 heteroatoms. The molecule has 0 radical (unpaired) electrons. The van der Waals surface area contributed by atoms with Crippen molar-refractivity contribution in [2.45, 2.75) is 312 Å². The molecule has 14 nitrogen and oxygen atoms in total. The van der Waals surface area contributed by atoms with E-state index < -0.39 is 86.8 Å². The Hall–Kier alpha value is -2.57. The maximum Gasteiger partial charge on any atom is 0.220 e. The molecule has 0 aromatic rings. The van der Waals surface area contributed by atoms with Crippen molar-refractivity contribution in [3.8, 4) is 0 Å². The van der Waals surface area contributed by atoms with E-state index >= 15 is 0 Å². The summed E-state index contributed by atoms with van der Waals surface area (Å²) >= 11 is 0. The third-order valence-corrected chi connectivity index (χ3v) is 15.1. The monoisotopic (exact) mass is 1120 g/mol. The molecule has 0 aromatic heterocycles. The van der Waals surface area contributed by atoms with E-state index in [1.165, 1.54) is 128 Å². The van der Waals surface area contributed by atoms with Gasteiger partial charge in [0, 0.05) is 6.42 Å². The van der Waals surface area contributed by atoms with E-state index in [4.69, 9.17) is 18.9 Å². The van der Waals surface area contributed by atoms with Gasteiger partial charge >= 0.3 is 0 Å². The van der Waals surface area contributed by atoms with Gasteiger partial charge < -0.3 is 65.1 Å². The number of aliphatic hydroxyl groups excluding tert-OH is 8. The molecule has 2 saturated heterocycles. The van der Waals surface area contributed by atoms with Crippen molar-refractivity contribution in [2.75, 3.05) is 19.8 Å². The third-order valence-electron chi connectivity index (χ3n) is 15.1. The van der Waals surface area contributed by atoms with Crippen molar-refractivity contribution < 1.29 is 64.6 Å². The van der Waals surface area contributed by atoms with Crippen LogP contribution in [0.3, 0.4) is 0 Å². The van der Waals surface area contributed by atoms with Gasteiger partial charge in [0.2, 0.25) is 5.91 Å². The quantitative estimate of drug-likeness (QED) is 0.0204. The lowest BCUT2D eigenvalue weighted by molar-refractivity contribution is -0.359. The molecule has 2 heterocycles. The molecule has 458 valence electrons. The van der Waals surface area contributed by atoms with Crippen molar-refractivity contribution >= 4 is 5.91 Å². The van der Waals surface area contributed by atoms with E-state index in [1.807, 2.05) is 6.08 Å². The number of allylic oxidation sites excluding steroid dienone is 11. The Morgan fingerprint density at radius 1 is 0.456 bits per heavy atom. The first kappa shape index (κ1) is 72.5. The lowest BCUT2D eigenvalue weighted by Crippen LogP contribution is -2.65. The Kier molecular flexibility index (Phi) is 45.9. The Balaban J connectivity index is 1.77. The Labute approximate surface area is 478 Å². The van der Waals surface area contributed by atoms with E-state index in [2.05, 4.69) is 79.9 Å². The molecule has 1 amide bonds. The molecule has 2 aliphatic heterocycles. The standard InChI is InChI=1S/C65H115NO13/c1-3-5-7-9-11-13-15-17-19-21-23-24-25-26-27-28-29-31-32-34-36-38-40-42-44-46-48-54(69)53(66-57(70)49-47-45-43-41-39-37-35-33-30-22-20-18-16-14-12-10-8-6-4-2)52-76-64-62(75)60(73)63(56(51-68)78-64)79-65-61(74)59(72)58(71)55(50-67)77-65/h12,14,18,20,30-33,38,40,46,48,53-56,58-65,67-69,71-75H,3-11,13,15-17,19,21-29,34-37,39,41-45,47,49-52H2,1-2H3,(H,66,70)/b14-12-,20-18-,32-31+,33-30-,40-38+,48-46+. The second-order valence-electron chi connectivity index (χ2n) is 22.2. The summed E-state index contributed by atoms with van der Waals surface area (Å²) in [5.74, 6) is -0.267. The average Bonchev–Trinajstić information content (AvgIpc) is 3.47. The number of unbranched alkanes of at least 4 members (excludes halogenated alkanes) is 27. The number of carbonyl (C=O) groups excluding carboxylic acids is 1. The normalized spacial score (nSPS) is 24.9. The fraction of sp³-hybridized carbons (Fsp3) is 0.800. The molecule has 0 spiro atoms. The lowest BCUT2D eigenvalue weighted by Gasteiger charge is -2.46. The number of ether oxygens (including phenoxy) is 4. The molecule has 79 heavy (non-hydrogen) atoms. The summed E-state index contributed by atoms with van der Waals surface area (Å²) in [5.41, 5.74) is 0. The fourth-order valence-electron chi connectivity index (χ4n) is 9.98. The minimum absolute atomic E-state index is 0.252. The van der Waals surface area contributed by atoms with Gasteiger partial charge in [-0.3, -0.25) is 4.79 Å². The Bertz CT molecular complexity index is 1600. The molecule has 0 aromatic carbocycles. The second kappa shape index (κ2) is 50.0. The van der Waals surface area contributed by atoms with Crippen molar-refractivity contribution in [3.63, 3.8) is 0 Å². The van der Waals surface area contributed by atoms with Crippen LogP contribution in [-0.4, -0.2) is 140 Å². The number of hydrogen-bond acceptors (Lipinski definition) is 13. The lowest BCUT2D eigenvalue weighted by atomic mass is 9.97. The van der Waals surface area contributed by atoms with Crippen molar-refractivity contribution in [1.29, 1.82) is 0 Å². The highest BCUT2D eigenvalue weighted by Gasteiger charge is 2.51. The van der Waals surface area contributed by atoms with Crippen molar-refractivity contribution in [1.82, 2.24) is 5.32 Å². The Morgan fingerprint density at radius 2 is 0.848 bits per heavy atom. The van der Waals surface area contributed by atoms with Crippen LogP contribution in [0.25, 0.3) is 0 Å². The fourth-order valence-corrected chi connectivity index (χ4v) is 9.98. The summed E-state index contributed by atoms with van der Waals surface area (Å²) in [6, 6.07) is -0.949. The van der Waals surface area contributed by atoms with Crippen LogP contribution in [0.1, 0.15) is 239 Å². The summed E-state index contributed by atoms with van der Waals surface area (Å²) in [6.07, 6.45) is 49.4. The number of amides is 1. The molecular weight excluding hydrogens is 1000 g/mol. The van der Waals surface area contributed by atoms with Crippen molar-refractivity contribution in [2.24, 2.45) is 0 Å². The van der Waals surface area contributed by atoms with Gasteiger partial charge in [0.25, 0.3) is 0 Å². The number of carbonyl (C=O) groups is 1. The molecule has 12 unspecified atom stereocenters. The molecule has 0 saturated carbocycles. The van der Waals surface area contributed by atoms with Gasteiger partial charge in [-0.2, -0.15) is 0 Å². The Morgan fingerprint density at radius 3 is 1.35 bits per heavy atom. The summed E-state index contributed by atoms with van der Waals surface area (Å²) in [5, 5.41) is 87.2. The molecule has 0 bridgehead atoms. The van der Waals surface area contributed by atoms with Crippen LogP contribution in [-0.2, 0) is 23.7 Å². The largest absolute Gasteiger partial charge is 0.394 e. The van der Waals surface area contributed by atoms with Gasteiger partial charge in [0.05, 0.1) is 32.0 Å². The van der Waals surface area contributed by atoms with Gasteiger partial charge in [0.15, 0.2) is 12.6 Å². The van der Waals surface area contributed by atoms with E-state index in [0.717, 1.165) is 77.0 Å². The first-order valence-electron chi connectivity index (χ1n) is 31.7. The summed E-state index contributed by atoms with van der Waals surface area (Å²) < 4.78 is 22.8. The molecule has 2 fully saturated rings. The number of rotatable bonds is 50. The zero-order valence-electron chi connectivity index (χ0n) is 49.3. The summed E-state index contributed by atoms with van der Waals surface area (Å²) in [6.45, 7) is 2.74. The highest BCUT2D eigenvalue weighted by Crippen LogP contribution is 2.30. The van der Waals surface area contributed by atoms with Gasteiger partial charge in [-0.1, -0.05) is 222 Å². The maximum absolute atomic E-state index is 13.3. The highest BCUT2D eigenvalue weighted by molar-refractivity contribution is 5.76. The van der Waals surface area contributed by atoms with Gasteiger partial charge in [-0.15, -0.1) is 0 Å². The predicted octanol–water partition coefficient (Wildman–Crippen LogP) is 11.5. The topological polar surface area (TPSA) is 228 Å². The highest BCUT2D eigenvalue weighted by atomic mass is 16.7. The minimum atomic E-state index is -1.80. The third kappa shape index (κ3) is 35.2. The number of nitrogens with one attached hydrogen (secondary N) is 1. The summed E-state index contributed by atoms with van der Waals surface area (Å²) in [4.78, 5) is 13.3. The van der Waals surface area contributed by atoms with Crippen LogP contribution >= 0.6 is 0 Å². The van der Waals surface area contributed by atoms with E-state index in [-0.39, 0.29) is 18.9 Å². The summed E-state index contributed by atoms with van der Waals surface area (Å²) in [7, 11) is 0. The minimum Gasteiger partial charge on any atom is -0.394 e. The van der Waals surface area contributed by atoms with Crippen LogP contribution in [0.15, 0.2) is 72.9 Å².